The molecule has 18 heavy (non-hydrogen) atoms. The van der Waals surface area contributed by atoms with Crippen LogP contribution in [0, 0.1) is 6.92 Å². The Kier molecular flexibility index (Phi) is 4.78. The molecule has 1 aliphatic rings. The summed E-state index contributed by atoms with van der Waals surface area (Å²) >= 11 is 0. The molecule has 0 aromatic carbocycles. The van der Waals surface area contributed by atoms with Gasteiger partial charge in [0.15, 0.2) is 0 Å². The van der Waals surface area contributed by atoms with Crippen LogP contribution >= 0.6 is 0 Å². The number of nitrogens with one attached hydrogen (secondary N) is 1. The lowest BCUT2D eigenvalue weighted by molar-refractivity contribution is 0.0378. The third-order valence-electron chi connectivity index (χ3n) is 3.11. The van der Waals surface area contributed by atoms with Gasteiger partial charge in [0.1, 0.15) is 5.82 Å². The summed E-state index contributed by atoms with van der Waals surface area (Å²) in [5.41, 5.74) is 7.56. The number of aryl methyl sites for hydroxylation is 1. The van der Waals surface area contributed by atoms with Crippen molar-refractivity contribution in [3.05, 3.63) is 17.8 Å². The standard InChI is InChI=1S/C13H22N4O/c1-11-3-4-12(14)13(16-11)15-5-2-6-17-7-9-18-10-8-17/h3-4H,2,5-10,14H2,1H3,(H,15,16). The molecule has 1 saturated heterocycles. The van der Waals surface area contributed by atoms with Crippen LogP contribution in [-0.4, -0.2) is 49.3 Å². The number of pyridine rings is 1. The first-order valence-electron chi connectivity index (χ1n) is 6.53. The van der Waals surface area contributed by atoms with Crippen molar-refractivity contribution in [3.63, 3.8) is 0 Å². The molecular weight excluding hydrogens is 228 g/mol. The normalized spacial score (nSPS) is 16.7. The number of ether oxygens (including phenoxy) is 1. The van der Waals surface area contributed by atoms with Crippen LogP contribution in [0.1, 0.15) is 12.1 Å². The summed E-state index contributed by atoms with van der Waals surface area (Å²) in [6.07, 6.45) is 1.09. The molecule has 5 nitrogen and oxygen atoms in total. The van der Waals surface area contributed by atoms with E-state index in [-0.39, 0.29) is 0 Å². The van der Waals surface area contributed by atoms with E-state index in [1.165, 1.54) is 0 Å². The number of nitrogen functional groups attached to an aromatic ring is 1. The number of aromatic nitrogens is 1. The largest absolute Gasteiger partial charge is 0.396 e. The summed E-state index contributed by atoms with van der Waals surface area (Å²) in [6, 6.07) is 3.82. The Morgan fingerprint density at radius 3 is 2.94 bits per heavy atom. The van der Waals surface area contributed by atoms with E-state index in [0.717, 1.165) is 57.3 Å². The molecule has 0 unspecified atom stereocenters. The molecule has 0 bridgehead atoms. The van der Waals surface area contributed by atoms with Gasteiger partial charge in [0.2, 0.25) is 0 Å². The second kappa shape index (κ2) is 6.56. The van der Waals surface area contributed by atoms with E-state index in [9.17, 15) is 0 Å². The summed E-state index contributed by atoms with van der Waals surface area (Å²) in [5.74, 6) is 0.803. The highest BCUT2D eigenvalue weighted by Gasteiger charge is 2.09. The minimum absolute atomic E-state index is 0.715. The number of nitrogens with zero attached hydrogens (tertiary/aromatic N) is 2. The van der Waals surface area contributed by atoms with Crippen LogP contribution in [0.5, 0.6) is 0 Å². The Morgan fingerprint density at radius 2 is 2.17 bits per heavy atom. The SMILES string of the molecule is Cc1ccc(N)c(NCCCN2CCOCC2)n1. The van der Waals surface area contributed by atoms with Gasteiger partial charge in [0.25, 0.3) is 0 Å². The minimum atomic E-state index is 0.715. The predicted molar refractivity (Wildman–Crippen MR) is 73.8 cm³/mol. The van der Waals surface area contributed by atoms with Crippen LogP contribution < -0.4 is 11.1 Å². The van der Waals surface area contributed by atoms with Gasteiger partial charge in [-0.25, -0.2) is 4.98 Å². The first kappa shape index (κ1) is 13.1. The molecule has 0 atom stereocenters. The molecule has 2 rings (SSSR count). The van der Waals surface area contributed by atoms with Gasteiger partial charge in [-0.15, -0.1) is 0 Å². The number of nitrogens with two attached hydrogens (primary N) is 1. The Hall–Kier alpha value is -1.33. The van der Waals surface area contributed by atoms with Crippen LogP contribution in [-0.2, 0) is 4.74 Å². The molecule has 2 heterocycles. The van der Waals surface area contributed by atoms with Crippen LogP contribution in [0.3, 0.4) is 0 Å². The van der Waals surface area contributed by atoms with E-state index < -0.39 is 0 Å². The molecule has 5 heteroatoms. The van der Waals surface area contributed by atoms with Crippen molar-refractivity contribution in [1.29, 1.82) is 0 Å². The average Bonchev–Trinajstić information content (AvgIpc) is 2.40. The Balaban J connectivity index is 1.69. The highest BCUT2D eigenvalue weighted by Crippen LogP contribution is 2.14. The van der Waals surface area contributed by atoms with Crippen molar-refractivity contribution in [3.8, 4) is 0 Å². The molecule has 0 aliphatic carbocycles. The number of morpholine rings is 1. The number of anilines is 2. The molecule has 3 N–H and O–H groups in total. The molecule has 0 saturated carbocycles. The van der Waals surface area contributed by atoms with Gasteiger partial charge in [-0.1, -0.05) is 0 Å². The van der Waals surface area contributed by atoms with Crippen LogP contribution in [0.25, 0.3) is 0 Å². The first-order valence-corrected chi connectivity index (χ1v) is 6.53. The smallest absolute Gasteiger partial charge is 0.149 e. The maximum atomic E-state index is 5.86. The van der Waals surface area contributed by atoms with Crippen LogP contribution in [0.2, 0.25) is 0 Å². The monoisotopic (exact) mass is 250 g/mol. The summed E-state index contributed by atoms with van der Waals surface area (Å²) in [6.45, 7) is 7.79. The van der Waals surface area contributed by atoms with Crippen molar-refractivity contribution >= 4 is 11.5 Å². The maximum Gasteiger partial charge on any atom is 0.149 e. The quantitative estimate of drug-likeness (QED) is 0.766. The highest BCUT2D eigenvalue weighted by molar-refractivity contribution is 5.61. The second-order valence-corrected chi connectivity index (χ2v) is 4.62. The molecule has 0 radical (unpaired) electrons. The van der Waals surface area contributed by atoms with Gasteiger partial charge >= 0.3 is 0 Å². The van der Waals surface area contributed by atoms with Crippen molar-refractivity contribution in [2.75, 3.05) is 50.4 Å². The number of hydrogen-bond donors (Lipinski definition) is 2. The lowest BCUT2D eigenvalue weighted by Crippen LogP contribution is -2.37. The van der Waals surface area contributed by atoms with Crippen LogP contribution in [0.15, 0.2) is 12.1 Å². The van der Waals surface area contributed by atoms with E-state index >= 15 is 0 Å². The Bertz CT molecular complexity index is 377. The van der Waals surface area contributed by atoms with E-state index in [4.69, 9.17) is 10.5 Å². The second-order valence-electron chi connectivity index (χ2n) is 4.62. The van der Waals surface area contributed by atoms with Gasteiger partial charge in [-0.3, -0.25) is 4.90 Å². The Morgan fingerprint density at radius 1 is 1.39 bits per heavy atom. The third-order valence-corrected chi connectivity index (χ3v) is 3.11. The zero-order valence-corrected chi connectivity index (χ0v) is 11.0. The van der Waals surface area contributed by atoms with Crippen molar-refractivity contribution in [1.82, 2.24) is 9.88 Å². The minimum Gasteiger partial charge on any atom is -0.396 e. The van der Waals surface area contributed by atoms with Gasteiger partial charge in [0, 0.05) is 25.3 Å². The lowest BCUT2D eigenvalue weighted by Gasteiger charge is -2.26. The molecular formula is C13H22N4O. The fraction of sp³-hybridized carbons (Fsp3) is 0.615. The lowest BCUT2D eigenvalue weighted by atomic mass is 10.3. The van der Waals surface area contributed by atoms with E-state index in [2.05, 4.69) is 15.2 Å². The Labute approximate surface area is 108 Å². The van der Waals surface area contributed by atoms with Gasteiger partial charge < -0.3 is 15.8 Å². The molecule has 1 fully saturated rings. The van der Waals surface area contributed by atoms with Gasteiger partial charge in [-0.2, -0.15) is 0 Å². The zero-order chi connectivity index (χ0) is 12.8. The third kappa shape index (κ3) is 3.85. The molecule has 0 amide bonds. The van der Waals surface area contributed by atoms with E-state index in [1.807, 2.05) is 19.1 Å². The summed E-state index contributed by atoms with van der Waals surface area (Å²) in [7, 11) is 0. The summed E-state index contributed by atoms with van der Waals surface area (Å²) in [4.78, 5) is 6.82. The topological polar surface area (TPSA) is 63.4 Å². The summed E-state index contributed by atoms with van der Waals surface area (Å²) in [5, 5.41) is 3.30. The molecule has 1 aromatic heterocycles. The number of hydrogen-bond acceptors (Lipinski definition) is 5. The predicted octanol–water partition coefficient (Wildman–Crippen LogP) is 1.11. The van der Waals surface area contributed by atoms with Gasteiger partial charge in [-0.05, 0) is 32.0 Å². The average molecular weight is 250 g/mol. The number of rotatable bonds is 5. The molecule has 100 valence electrons. The van der Waals surface area contributed by atoms with E-state index in [0.29, 0.717) is 5.69 Å². The fourth-order valence-corrected chi connectivity index (χ4v) is 2.04. The fourth-order valence-electron chi connectivity index (χ4n) is 2.04. The summed E-state index contributed by atoms with van der Waals surface area (Å²) < 4.78 is 5.32. The van der Waals surface area contributed by atoms with Crippen molar-refractivity contribution < 1.29 is 4.74 Å². The highest BCUT2D eigenvalue weighted by atomic mass is 16.5. The molecule has 1 aliphatic heterocycles. The van der Waals surface area contributed by atoms with E-state index in [1.54, 1.807) is 0 Å². The van der Waals surface area contributed by atoms with Gasteiger partial charge in [0.05, 0.1) is 18.9 Å². The van der Waals surface area contributed by atoms with Crippen molar-refractivity contribution in [2.45, 2.75) is 13.3 Å². The van der Waals surface area contributed by atoms with Crippen molar-refractivity contribution in [2.24, 2.45) is 0 Å². The maximum absolute atomic E-state index is 5.86. The van der Waals surface area contributed by atoms with Crippen LogP contribution in [0.4, 0.5) is 11.5 Å². The first-order chi connectivity index (χ1) is 8.75. The zero-order valence-electron chi connectivity index (χ0n) is 11.0. The molecule has 0 spiro atoms. The molecule has 1 aromatic rings.